The molecule has 0 fully saturated rings. The molecule has 3 aromatic heterocycles. The molecule has 0 spiro atoms. The molecule has 0 atom stereocenters. The van der Waals surface area contributed by atoms with E-state index in [1.54, 1.807) is 0 Å². The highest BCUT2D eigenvalue weighted by molar-refractivity contribution is 5.84. The molecular weight excluding hydrogens is 739 g/mol. The highest BCUT2D eigenvalue weighted by atomic mass is 14.8. The summed E-state index contributed by atoms with van der Waals surface area (Å²) in [7, 11) is 0. The summed E-state index contributed by atoms with van der Waals surface area (Å²) >= 11 is 0. The summed E-state index contributed by atoms with van der Waals surface area (Å²) in [4.78, 5) is 45.3. The Hall–Kier alpha value is -6.09. The molecule has 3 aliphatic heterocycles. The second-order valence-corrected chi connectivity index (χ2v) is 15.1. The van der Waals surface area contributed by atoms with Crippen LogP contribution < -0.4 is 0 Å². The van der Waals surface area contributed by atoms with E-state index in [-0.39, 0.29) is 0 Å². The highest BCUT2D eigenvalue weighted by Crippen LogP contribution is 2.34. The van der Waals surface area contributed by atoms with Crippen molar-refractivity contribution in [3.05, 3.63) is 156 Å². The van der Waals surface area contributed by atoms with E-state index < -0.39 is 0 Å². The average Bonchev–Trinajstić information content (AvgIpc) is 3.26. The molecule has 6 heterocycles. The van der Waals surface area contributed by atoms with E-state index in [1.807, 2.05) is 91.9 Å². The average molecular weight is 796 g/mol. The Kier molecular flexibility index (Phi) is 14.2. The van der Waals surface area contributed by atoms with Gasteiger partial charge >= 0.3 is 0 Å². The molecule has 2 aromatic carbocycles. The van der Waals surface area contributed by atoms with Gasteiger partial charge < -0.3 is 0 Å². The van der Waals surface area contributed by atoms with E-state index in [0.717, 1.165) is 72.7 Å². The van der Waals surface area contributed by atoms with Gasteiger partial charge in [0, 0.05) is 37.3 Å². The van der Waals surface area contributed by atoms with Crippen molar-refractivity contribution in [3.63, 3.8) is 0 Å². The number of benzene rings is 2. The zero-order chi connectivity index (χ0) is 41.8. The molecule has 0 radical (unpaired) electrons. The zero-order valence-electron chi connectivity index (χ0n) is 36.2. The molecule has 0 saturated heterocycles. The first-order chi connectivity index (χ1) is 29.5. The minimum Gasteiger partial charge on any atom is -0.286 e. The number of hydrogen-bond acceptors (Lipinski definition) is 9. The number of aromatic nitrogens is 3. The van der Waals surface area contributed by atoms with Crippen LogP contribution in [0.3, 0.4) is 0 Å². The van der Waals surface area contributed by atoms with Gasteiger partial charge in [-0.05, 0) is 142 Å². The Morgan fingerprint density at radius 1 is 0.283 bits per heavy atom. The quantitative estimate of drug-likeness (QED) is 0.171. The maximum absolute atomic E-state index is 5.07. The smallest absolute Gasteiger partial charge is 0.0815 e. The van der Waals surface area contributed by atoms with Crippen LogP contribution in [0.2, 0.25) is 0 Å². The van der Waals surface area contributed by atoms with E-state index in [2.05, 4.69) is 41.5 Å². The first-order valence-corrected chi connectivity index (χ1v) is 21.7. The summed E-state index contributed by atoms with van der Waals surface area (Å²) in [6.07, 6.45) is 16.6. The lowest BCUT2D eigenvalue weighted by Crippen LogP contribution is -2.13. The van der Waals surface area contributed by atoms with Crippen molar-refractivity contribution >= 4 is 37.3 Å². The van der Waals surface area contributed by atoms with E-state index >= 15 is 0 Å². The molecule has 9 nitrogen and oxygen atoms in total. The molecule has 5 aromatic rings. The van der Waals surface area contributed by atoms with Crippen molar-refractivity contribution < 1.29 is 0 Å². The van der Waals surface area contributed by atoms with E-state index in [4.69, 9.17) is 44.9 Å². The van der Waals surface area contributed by atoms with Crippen molar-refractivity contribution in [1.29, 1.82) is 0 Å². The van der Waals surface area contributed by atoms with Crippen LogP contribution in [-0.2, 0) is 77.8 Å². The topological polar surface area (TPSA) is 113 Å². The number of nitrogens with zero attached hydrogens (tertiary/aromatic N) is 9. The number of hydrogen-bond donors (Lipinski definition) is 0. The van der Waals surface area contributed by atoms with Crippen LogP contribution in [-0.4, -0.2) is 52.2 Å². The molecule has 8 rings (SSSR count). The fourth-order valence-corrected chi connectivity index (χ4v) is 9.11. The summed E-state index contributed by atoms with van der Waals surface area (Å²) in [5.41, 5.74) is 20.2. The van der Waals surface area contributed by atoms with Gasteiger partial charge in [0.15, 0.2) is 0 Å². The van der Waals surface area contributed by atoms with Crippen molar-refractivity contribution in [2.24, 2.45) is 30.0 Å². The maximum atomic E-state index is 5.07. The standard InChI is InChI=1S/C51H57N9/c1-7-40-46-28-52-22-34-16-13-18-37(58-34)25-55-31-49-43(10-4)50-32-56-26-38-19-14-17-35(59-38)23-53-29-47(40)42(9-3)48(41(46)8-2)30-54-24-36-20-15-21-39(60-36)27-57-33-51(44(49)11-5)45(50)12-6/h13-27H,7-12,28-33H2,1-6H3. The van der Waals surface area contributed by atoms with Crippen LogP contribution in [0.4, 0.5) is 0 Å². The Balaban J connectivity index is 1.50. The van der Waals surface area contributed by atoms with Gasteiger partial charge in [-0.1, -0.05) is 59.7 Å². The Bertz CT molecular complexity index is 2040. The number of aliphatic imine (C=N–C) groups is 6. The molecule has 0 unspecified atom stereocenters. The van der Waals surface area contributed by atoms with Gasteiger partial charge in [0.25, 0.3) is 0 Å². The summed E-state index contributed by atoms with van der Waals surface area (Å²) in [6.45, 7) is 16.7. The molecule has 60 heavy (non-hydrogen) atoms. The van der Waals surface area contributed by atoms with Gasteiger partial charge in [0.05, 0.1) is 73.4 Å². The lowest BCUT2D eigenvalue weighted by atomic mass is 9.83. The van der Waals surface area contributed by atoms with Gasteiger partial charge in [-0.3, -0.25) is 30.0 Å². The van der Waals surface area contributed by atoms with E-state index in [1.165, 1.54) is 66.8 Å². The van der Waals surface area contributed by atoms with Crippen molar-refractivity contribution in [2.45, 2.75) is 119 Å². The summed E-state index contributed by atoms with van der Waals surface area (Å²) in [5, 5.41) is 0. The second kappa shape index (κ2) is 20.2. The Morgan fingerprint density at radius 3 is 0.600 bits per heavy atom. The van der Waals surface area contributed by atoms with Crippen LogP contribution in [0.25, 0.3) is 0 Å². The van der Waals surface area contributed by atoms with Gasteiger partial charge in [-0.15, -0.1) is 0 Å². The first kappa shape index (κ1) is 42.0. The lowest BCUT2D eigenvalue weighted by molar-refractivity contribution is 0.855. The Morgan fingerprint density at radius 2 is 0.450 bits per heavy atom. The van der Waals surface area contributed by atoms with Crippen LogP contribution >= 0.6 is 0 Å². The van der Waals surface area contributed by atoms with Crippen LogP contribution in [0, 0.1) is 0 Å². The molecule has 0 N–H and O–H groups in total. The largest absolute Gasteiger partial charge is 0.286 e. The van der Waals surface area contributed by atoms with Gasteiger partial charge in [-0.25, -0.2) is 15.0 Å². The normalized spacial score (nSPS) is 14.1. The van der Waals surface area contributed by atoms with Crippen LogP contribution in [0.5, 0.6) is 0 Å². The van der Waals surface area contributed by atoms with Gasteiger partial charge in [-0.2, -0.15) is 0 Å². The van der Waals surface area contributed by atoms with E-state index in [9.17, 15) is 0 Å². The fourth-order valence-electron chi connectivity index (χ4n) is 9.11. The lowest BCUT2D eigenvalue weighted by Gasteiger charge is -2.24. The van der Waals surface area contributed by atoms with Gasteiger partial charge in [0.1, 0.15) is 0 Å². The minimum absolute atomic E-state index is 0.535. The van der Waals surface area contributed by atoms with Crippen molar-refractivity contribution in [1.82, 2.24) is 15.0 Å². The third-order valence-corrected chi connectivity index (χ3v) is 11.7. The molecule has 0 aliphatic carbocycles. The monoisotopic (exact) mass is 795 g/mol. The minimum atomic E-state index is 0.535. The summed E-state index contributed by atoms with van der Waals surface area (Å²) in [5.74, 6) is 0. The molecule has 12 bridgehead atoms. The van der Waals surface area contributed by atoms with Crippen LogP contribution in [0.1, 0.15) is 142 Å². The first-order valence-electron chi connectivity index (χ1n) is 21.7. The Labute approximate surface area is 355 Å². The second-order valence-electron chi connectivity index (χ2n) is 15.1. The molecule has 0 saturated carbocycles. The van der Waals surface area contributed by atoms with E-state index in [0.29, 0.717) is 39.3 Å². The number of fused-ring (bicyclic) bond motifs is 6. The summed E-state index contributed by atoms with van der Waals surface area (Å²) in [6, 6.07) is 18.2. The predicted octanol–water partition coefficient (Wildman–Crippen LogP) is 9.59. The van der Waals surface area contributed by atoms with Crippen molar-refractivity contribution in [3.8, 4) is 0 Å². The fraction of sp³-hybridized carbons (Fsp3) is 0.353. The van der Waals surface area contributed by atoms with Gasteiger partial charge in [0.2, 0.25) is 0 Å². The van der Waals surface area contributed by atoms with Crippen LogP contribution in [0.15, 0.2) is 84.6 Å². The third-order valence-electron chi connectivity index (χ3n) is 11.7. The number of pyridine rings is 3. The molecule has 9 heteroatoms. The molecule has 306 valence electrons. The molecular formula is C51H57N9. The molecule has 3 aliphatic rings. The SMILES string of the molecule is CCc1c2c(CC)c3c(CC)c1CN=Cc1cccc(n1)C=NCc1c(CC)c(c(CC)c(c1CC)CN=Cc1cccc(n1)C=NC3)CN=Cc1cccc(n1)C=NC2. The number of rotatable bonds is 6. The highest BCUT2D eigenvalue weighted by Gasteiger charge is 2.22. The zero-order valence-corrected chi connectivity index (χ0v) is 36.2. The maximum Gasteiger partial charge on any atom is 0.0815 e. The van der Waals surface area contributed by atoms with Crippen molar-refractivity contribution in [2.75, 3.05) is 0 Å². The third kappa shape index (κ3) is 9.36. The summed E-state index contributed by atoms with van der Waals surface area (Å²) < 4.78 is 0. The molecule has 0 amide bonds. The predicted molar refractivity (Wildman–Crippen MR) is 250 cm³/mol.